The lowest BCUT2D eigenvalue weighted by Crippen LogP contribution is -2.23. The topological polar surface area (TPSA) is 89.5 Å². The van der Waals surface area contributed by atoms with E-state index in [0.717, 1.165) is 5.56 Å². The highest BCUT2D eigenvalue weighted by atomic mass is 32.3. The number of rotatable bonds is 5. The van der Waals surface area contributed by atoms with Crippen LogP contribution in [0.4, 0.5) is 0 Å². The molecule has 1 aliphatic heterocycles. The quantitative estimate of drug-likeness (QED) is 0.866. The van der Waals surface area contributed by atoms with Gasteiger partial charge in [0.15, 0.2) is 19.7 Å². The molecule has 0 spiro atoms. The molecule has 8 heteroatoms. The van der Waals surface area contributed by atoms with E-state index in [4.69, 9.17) is 4.74 Å². The molecule has 2 rings (SSSR count). The Morgan fingerprint density at radius 3 is 2.14 bits per heavy atom. The molecule has 6 nitrogen and oxygen atoms in total. The summed E-state index contributed by atoms with van der Waals surface area (Å²) in [4.78, 5) is 0. The number of sulfone groups is 2. The number of nitrogens with one attached hydrogen (secondary N) is 1. The Morgan fingerprint density at radius 1 is 1.09 bits per heavy atom. The first-order valence-electron chi connectivity index (χ1n) is 6.97. The maximum atomic E-state index is 12.2. The summed E-state index contributed by atoms with van der Waals surface area (Å²) in [6, 6.07) is 9.23. The van der Waals surface area contributed by atoms with Gasteiger partial charge in [-0.25, -0.2) is 16.8 Å². The van der Waals surface area contributed by atoms with E-state index in [0.29, 0.717) is 6.54 Å². The maximum Gasteiger partial charge on any atom is 0.218 e. The lowest BCUT2D eigenvalue weighted by molar-refractivity contribution is 0.170. The van der Waals surface area contributed by atoms with Gasteiger partial charge < -0.3 is 10.1 Å². The molecule has 1 aromatic rings. The molecule has 122 valence electrons. The summed E-state index contributed by atoms with van der Waals surface area (Å²) in [7, 11) is -7.83. The summed E-state index contributed by atoms with van der Waals surface area (Å²) >= 11 is 0. The third kappa shape index (κ3) is 3.27. The van der Waals surface area contributed by atoms with E-state index < -0.39 is 30.0 Å². The molecule has 1 N–H and O–H groups in total. The van der Waals surface area contributed by atoms with E-state index in [1.165, 1.54) is 13.8 Å². The number of ether oxygens (including phenoxy) is 1. The smallest absolute Gasteiger partial charge is 0.218 e. The highest BCUT2D eigenvalue weighted by Crippen LogP contribution is 2.30. The van der Waals surface area contributed by atoms with Crippen LogP contribution in [0.25, 0.3) is 0 Å². The highest BCUT2D eigenvalue weighted by Gasteiger charge is 2.37. The van der Waals surface area contributed by atoms with E-state index >= 15 is 0 Å². The molecule has 0 saturated carbocycles. The van der Waals surface area contributed by atoms with Crippen LogP contribution < -0.4 is 5.32 Å². The van der Waals surface area contributed by atoms with Crippen LogP contribution in [0.15, 0.2) is 40.5 Å². The summed E-state index contributed by atoms with van der Waals surface area (Å²) in [5, 5.41) is 2.79. The van der Waals surface area contributed by atoms with Crippen LogP contribution in [0.1, 0.15) is 25.5 Å². The second kappa shape index (κ2) is 6.29. The van der Waals surface area contributed by atoms with Gasteiger partial charge in [-0.05, 0) is 5.56 Å². The third-order valence-corrected chi connectivity index (χ3v) is 7.93. The summed E-state index contributed by atoms with van der Waals surface area (Å²) < 4.78 is 53.7. The van der Waals surface area contributed by atoms with Gasteiger partial charge in [0, 0.05) is 0 Å². The zero-order valence-electron chi connectivity index (χ0n) is 12.4. The largest absolute Gasteiger partial charge is 0.468 e. The summed E-state index contributed by atoms with van der Waals surface area (Å²) in [6.45, 7) is 3.14. The molecule has 0 unspecified atom stereocenters. The van der Waals surface area contributed by atoms with Crippen molar-refractivity contribution in [2.45, 2.75) is 20.0 Å². The van der Waals surface area contributed by atoms with Gasteiger partial charge >= 0.3 is 0 Å². The van der Waals surface area contributed by atoms with Crippen LogP contribution in [0.3, 0.4) is 0 Å². The molecule has 0 bridgehead atoms. The second-order valence-electron chi connectivity index (χ2n) is 4.82. The van der Waals surface area contributed by atoms with E-state index in [2.05, 4.69) is 5.32 Å². The minimum absolute atomic E-state index is 0.169. The van der Waals surface area contributed by atoms with Crippen molar-refractivity contribution in [2.75, 3.05) is 18.1 Å². The SMILES string of the molecule is CCS(=O)(=O)C(=C1NC[C@H](c2ccccc2)O1)S(=O)(=O)CC. The van der Waals surface area contributed by atoms with Gasteiger partial charge in [0.25, 0.3) is 0 Å². The first kappa shape index (κ1) is 16.8. The molecular weight excluding hydrogens is 326 g/mol. The second-order valence-corrected chi connectivity index (χ2v) is 9.51. The fourth-order valence-electron chi connectivity index (χ4n) is 2.12. The van der Waals surface area contributed by atoms with E-state index in [-0.39, 0.29) is 17.4 Å². The van der Waals surface area contributed by atoms with Gasteiger partial charge in [0.2, 0.25) is 10.1 Å². The summed E-state index contributed by atoms with van der Waals surface area (Å²) in [5.74, 6) is -0.768. The molecule has 1 atom stereocenters. The van der Waals surface area contributed by atoms with Crippen molar-refractivity contribution in [2.24, 2.45) is 0 Å². The molecule has 22 heavy (non-hydrogen) atoms. The Hall–Kier alpha value is -1.54. The maximum absolute atomic E-state index is 12.2. The Balaban J connectivity index is 2.47. The minimum atomic E-state index is -3.91. The van der Waals surface area contributed by atoms with Crippen LogP contribution in [0.5, 0.6) is 0 Å². The zero-order chi connectivity index (χ0) is 16.4. The summed E-state index contributed by atoms with van der Waals surface area (Å²) in [5.41, 5.74) is 0.854. The Bertz CT molecular complexity index is 731. The van der Waals surface area contributed by atoms with E-state index in [9.17, 15) is 16.8 Å². The van der Waals surface area contributed by atoms with Crippen LogP contribution in [-0.2, 0) is 24.4 Å². The fraction of sp³-hybridized carbons (Fsp3) is 0.429. The van der Waals surface area contributed by atoms with E-state index in [1.807, 2.05) is 30.3 Å². The zero-order valence-corrected chi connectivity index (χ0v) is 14.1. The average Bonchev–Trinajstić information content (AvgIpc) is 2.97. The number of benzene rings is 1. The summed E-state index contributed by atoms with van der Waals surface area (Å²) in [6.07, 6.45) is -0.412. The first-order chi connectivity index (χ1) is 10.3. The molecule has 1 heterocycles. The molecule has 0 amide bonds. The van der Waals surface area contributed by atoms with Crippen LogP contribution >= 0.6 is 0 Å². The predicted octanol–water partition coefficient (Wildman–Crippen LogP) is 1.34. The molecule has 1 aliphatic rings. The van der Waals surface area contributed by atoms with Crippen molar-refractivity contribution in [3.8, 4) is 0 Å². The lowest BCUT2D eigenvalue weighted by Gasteiger charge is -2.12. The van der Waals surface area contributed by atoms with Crippen LogP contribution in [0, 0.1) is 0 Å². The molecule has 1 saturated heterocycles. The van der Waals surface area contributed by atoms with Gasteiger partial charge in [0.1, 0.15) is 6.10 Å². The van der Waals surface area contributed by atoms with Crippen molar-refractivity contribution in [1.29, 1.82) is 0 Å². The van der Waals surface area contributed by atoms with Crippen molar-refractivity contribution in [3.05, 3.63) is 46.0 Å². The van der Waals surface area contributed by atoms with Gasteiger partial charge in [-0.2, -0.15) is 0 Å². The Morgan fingerprint density at radius 2 is 1.64 bits per heavy atom. The predicted molar refractivity (Wildman–Crippen MR) is 84.2 cm³/mol. The van der Waals surface area contributed by atoms with Crippen LogP contribution in [0.2, 0.25) is 0 Å². The standard InChI is InChI=1S/C14H19NO5S2/c1-3-21(16,17)14(22(18,19)4-2)13-15-10-12(20-13)11-8-6-5-7-9-11/h5-9,12,15H,3-4,10H2,1-2H3/t12-/m1/s1. The molecule has 1 fully saturated rings. The van der Waals surface area contributed by atoms with Gasteiger partial charge in [-0.3, -0.25) is 0 Å². The normalized spacial score (nSPS) is 18.6. The van der Waals surface area contributed by atoms with Crippen molar-refractivity contribution in [3.63, 3.8) is 0 Å². The van der Waals surface area contributed by atoms with Crippen LogP contribution in [-0.4, -0.2) is 34.9 Å². The fourth-order valence-corrected chi connectivity index (χ4v) is 5.71. The Labute approximate surface area is 131 Å². The van der Waals surface area contributed by atoms with Crippen molar-refractivity contribution in [1.82, 2.24) is 5.32 Å². The average molecular weight is 345 g/mol. The Kier molecular flexibility index (Phi) is 4.81. The van der Waals surface area contributed by atoms with Crippen molar-refractivity contribution >= 4 is 19.7 Å². The van der Waals surface area contributed by atoms with E-state index in [1.54, 1.807) is 0 Å². The van der Waals surface area contributed by atoms with Gasteiger partial charge in [0.05, 0.1) is 18.1 Å². The molecule has 1 aromatic carbocycles. The molecule has 0 radical (unpaired) electrons. The minimum Gasteiger partial charge on any atom is -0.468 e. The van der Waals surface area contributed by atoms with Crippen molar-refractivity contribution < 1.29 is 21.6 Å². The lowest BCUT2D eigenvalue weighted by atomic mass is 10.1. The monoisotopic (exact) mass is 345 g/mol. The first-order valence-corrected chi connectivity index (χ1v) is 10.3. The van der Waals surface area contributed by atoms with Gasteiger partial charge in [-0.1, -0.05) is 44.2 Å². The number of hydrogen-bond acceptors (Lipinski definition) is 6. The number of hydrogen-bond donors (Lipinski definition) is 1. The van der Waals surface area contributed by atoms with Gasteiger partial charge in [-0.15, -0.1) is 0 Å². The highest BCUT2D eigenvalue weighted by molar-refractivity contribution is 8.14. The molecule has 0 aromatic heterocycles. The third-order valence-electron chi connectivity index (χ3n) is 3.39. The molecule has 0 aliphatic carbocycles. The molecular formula is C14H19NO5S2.